The molecule has 0 aliphatic rings. The van der Waals surface area contributed by atoms with Crippen molar-refractivity contribution < 1.29 is 4.92 Å². The number of aryl methyl sites for hydroxylation is 1. The molecular formula is C9H10ClN3O2. The van der Waals surface area contributed by atoms with Crippen molar-refractivity contribution in [3.8, 4) is 0 Å². The Morgan fingerprint density at radius 2 is 2.47 bits per heavy atom. The van der Waals surface area contributed by atoms with Crippen LogP contribution in [0, 0.1) is 17.0 Å². The summed E-state index contributed by atoms with van der Waals surface area (Å²) in [6.45, 7) is 5.37. The second kappa shape index (κ2) is 4.75. The lowest BCUT2D eigenvalue weighted by atomic mass is 10.2. The second-order valence-electron chi connectivity index (χ2n) is 2.95. The summed E-state index contributed by atoms with van der Waals surface area (Å²) in [6, 6.07) is 1.58. The van der Waals surface area contributed by atoms with Crippen molar-refractivity contribution in [3.63, 3.8) is 0 Å². The van der Waals surface area contributed by atoms with E-state index in [2.05, 4.69) is 16.9 Å². The summed E-state index contributed by atoms with van der Waals surface area (Å²) in [6.07, 6.45) is 1.50. The number of rotatable bonds is 4. The number of nitro groups is 1. The van der Waals surface area contributed by atoms with Gasteiger partial charge in [0.15, 0.2) is 0 Å². The lowest BCUT2D eigenvalue weighted by Gasteiger charge is -2.05. The molecule has 80 valence electrons. The van der Waals surface area contributed by atoms with Crippen LogP contribution in [0.5, 0.6) is 0 Å². The number of nitrogens with one attached hydrogen (secondary N) is 1. The van der Waals surface area contributed by atoms with Crippen LogP contribution in [-0.4, -0.2) is 16.5 Å². The molecule has 1 N–H and O–H groups in total. The van der Waals surface area contributed by atoms with Crippen molar-refractivity contribution in [2.45, 2.75) is 6.92 Å². The quantitative estimate of drug-likeness (QED) is 0.634. The van der Waals surface area contributed by atoms with Crippen molar-refractivity contribution in [1.82, 2.24) is 4.98 Å². The molecule has 1 heterocycles. The topological polar surface area (TPSA) is 68.1 Å². The largest absolute Gasteiger partial charge is 0.359 e. The van der Waals surface area contributed by atoms with E-state index in [0.717, 1.165) is 0 Å². The zero-order chi connectivity index (χ0) is 11.4. The van der Waals surface area contributed by atoms with Gasteiger partial charge in [-0.1, -0.05) is 18.2 Å². The van der Waals surface area contributed by atoms with E-state index in [0.29, 0.717) is 10.6 Å². The summed E-state index contributed by atoms with van der Waals surface area (Å²) in [5.74, 6) is 0.210. The van der Waals surface area contributed by atoms with Crippen LogP contribution in [0.1, 0.15) is 5.56 Å². The maximum absolute atomic E-state index is 10.8. The van der Waals surface area contributed by atoms with Gasteiger partial charge in [-0.15, -0.1) is 0 Å². The Kier molecular flexibility index (Phi) is 3.62. The standard InChI is InChI=1S/C9H10ClN3O2/c1-6-3-4-11-9(8(6)13(14)15)12-5-7(2)10/h3-4H,2,5H2,1H3,(H,11,12). The van der Waals surface area contributed by atoms with Gasteiger partial charge in [-0.05, 0) is 13.0 Å². The number of nitrogens with zero attached hydrogens (tertiary/aromatic N) is 2. The average Bonchev–Trinajstić information content (AvgIpc) is 2.13. The molecule has 0 bridgehead atoms. The van der Waals surface area contributed by atoms with E-state index in [4.69, 9.17) is 11.6 Å². The molecule has 6 heteroatoms. The van der Waals surface area contributed by atoms with Crippen molar-refractivity contribution >= 4 is 23.1 Å². The normalized spacial score (nSPS) is 9.73. The molecule has 5 nitrogen and oxygen atoms in total. The van der Waals surface area contributed by atoms with Crippen LogP contribution in [0.15, 0.2) is 23.9 Å². The summed E-state index contributed by atoms with van der Waals surface area (Å²) in [7, 11) is 0. The fraction of sp³-hybridized carbons (Fsp3) is 0.222. The lowest BCUT2D eigenvalue weighted by Crippen LogP contribution is -2.06. The van der Waals surface area contributed by atoms with Crippen LogP contribution in [0.3, 0.4) is 0 Å². The molecule has 1 aromatic rings. The molecule has 0 aliphatic carbocycles. The molecule has 0 radical (unpaired) electrons. The molecule has 1 aromatic heterocycles. The number of hydrogen-bond acceptors (Lipinski definition) is 4. The molecule has 0 atom stereocenters. The minimum Gasteiger partial charge on any atom is -0.359 e. The third-order valence-electron chi connectivity index (χ3n) is 1.76. The van der Waals surface area contributed by atoms with Gasteiger partial charge in [-0.3, -0.25) is 10.1 Å². The molecule has 0 spiro atoms. The van der Waals surface area contributed by atoms with Crippen LogP contribution < -0.4 is 5.32 Å². The number of hydrogen-bond donors (Lipinski definition) is 1. The van der Waals surface area contributed by atoms with Gasteiger partial charge in [-0.2, -0.15) is 0 Å². The van der Waals surface area contributed by atoms with Gasteiger partial charge in [0, 0.05) is 16.8 Å². The molecule has 1 rings (SSSR count). The number of pyridine rings is 1. The zero-order valence-electron chi connectivity index (χ0n) is 8.16. The highest BCUT2D eigenvalue weighted by Gasteiger charge is 2.17. The Balaban J connectivity index is 3.01. The lowest BCUT2D eigenvalue weighted by molar-refractivity contribution is -0.384. The zero-order valence-corrected chi connectivity index (χ0v) is 8.91. The maximum atomic E-state index is 10.8. The fourth-order valence-electron chi connectivity index (χ4n) is 1.09. The van der Waals surface area contributed by atoms with Crippen molar-refractivity contribution in [2.75, 3.05) is 11.9 Å². The van der Waals surface area contributed by atoms with Crippen LogP contribution in [-0.2, 0) is 0 Å². The Morgan fingerprint density at radius 1 is 1.80 bits per heavy atom. The maximum Gasteiger partial charge on any atom is 0.314 e. The summed E-state index contributed by atoms with van der Waals surface area (Å²) < 4.78 is 0. The third kappa shape index (κ3) is 2.92. The van der Waals surface area contributed by atoms with Gasteiger partial charge >= 0.3 is 5.69 Å². The van der Waals surface area contributed by atoms with E-state index in [1.54, 1.807) is 13.0 Å². The van der Waals surface area contributed by atoms with Gasteiger partial charge in [0.25, 0.3) is 0 Å². The van der Waals surface area contributed by atoms with E-state index < -0.39 is 4.92 Å². The molecule has 0 saturated heterocycles. The fourth-order valence-corrected chi connectivity index (χ4v) is 1.16. The number of aromatic nitrogens is 1. The molecule has 0 unspecified atom stereocenters. The van der Waals surface area contributed by atoms with Crippen molar-refractivity contribution in [3.05, 3.63) is 39.6 Å². The smallest absolute Gasteiger partial charge is 0.314 e. The first kappa shape index (κ1) is 11.5. The van der Waals surface area contributed by atoms with Gasteiger partial charge in [-0.25, -0.2) is 4.98 Å². The third-order valence-corrected chi connectivity index (χ3v) is 1.89. The Bertz CT molecular complexity index is 406. The van der Waals surface area contributed by atoms with Gasteiger partial charge in [0.2, 0.25) is 5.82 Å². The summed E-state index contributed by atoms with van der Waals surface area (Å²) in [5, 5.41) is 13.9. The van der Waals surface area contributed by atoms with Crippen LogP contribution in [0.25, 0.3) is 0 Å². The first-order valence-corrected chi connectivity index (χ1v) is 4.57. The predicted molar refractivity (Wildman–Crippen MR) is 59.1 cm³/mol. The Labute approximate surface area is 91.9 Å². The minimum absolute atomic E-state index is 0.0320. The van der Waals surface area contributed by atoms with E-state index in [1.807, 2.05) is 0 Å². The van der Waals surface area contributed by atoms with Gasteiger partial charge in [0.05, 0.1) is 11.5 Å². The van der Waals surface area contributed by atoms with Crippen LogP contribution in [0.2, 0.25) is 0 Å². The highest BCUT2D eigenvalue weighted by atomic mass is 35.5. The van der Waals surface area contributed by atoms with Gasteiger partial charge in [0.1, 0.15) is 0 Å². The van der Waals surface area contributed by atoms with Crippen LogP contribution >= 0.6 is 11.6 Å². The highest BCUT2D eigenvalue weighted by molar-refractivity contribution is 6.29. The molecule has 0 aromatic carbocycles. The molecule has 0 aliphatic heterocycles. The highest BCUT2D eigenvalue weighted by Crippen LogP contribution is 2.25. The van der Waals surface area contributed by atoms with E-state index in [9.17, 15) is 10.1 Å². The SMILES string of the molecule is C=C(Cl)CNc1nccc(C)c1[N+](=O)[O-]. The average molecular weight is 228 g/mol. The summed E-state index contributed by atoms with van der Waals surface area (Å²) >= 11 is 5.54. The molecule has 15 heavy (non-hydrogen) atoms. The van der Waals surface area contributed by atoms with E-state index >= 15 is 0 Å². The van der Waals surface area contributed by atoms with E-state index in [1.165, 1.54) is 6.20 Å². The van der Waals surface area contributed by atoms with E-state index in [-0.39, 0.29) is 18.1 Å². The molecule has 0 fully saturated rings. The molecular weight excluding hydrogens is 218 g/mol. The monoisotopic (exact) mass is 227 g/mol. The van der Waals surface area contributed by atoms with Crippen molar-refractivity contribution in [1.29, 1.82) is 0 Å². The Hall–Kier alpha value is -1.62. The number of anilines is 1. The molecule has 0 amide bonds. The second-order valence-corrected chi connectivity index (χ2v) is 3.49. The van der Waals surface area contributed by atoms with Crippen molar-refractivity contribution in [2.24, 2.45) is 0 Å². The summed E-state index contributed by atoms with van der Waals surface area (Å²) in [5.41, 5.74) is 0.521. The minimum atomic E-state index is -0.471. The first-order valence-electron chi connectivity index (χ1n) is 4.19. The van der Waals surface area contributed by atoms with Crippen LogP contribution in [0.4, 0.5) is 11.5 Å². The Morgan fingerprint density at radius 3 is 3.00 bits per heavy atom. The predicted octanol–water partition coefficient (Wildman–Crippen LogP) is 2.46. The molecule has 0 saturated carbocycles. The first-order chi connectivity index (χ1) is 7.02. The number of halogens is 1. The summed E-state index contributed by atoms with van der Waals surface area (Å²) in [4.78, 5) is 14.2. The van der Waals surface area contributed by atoms with Gasteiger partial charge < -0.3 is 5.32 Å².